The number of ether oxygens (including phenoxy) is 3. The van der Waals surface area contributed by atoms with Gasteiger partial charge in [-0.1, -0.05) is 12.1 Å². The monoisotopic (exact) mass is 389 g/mol. The van der Waals surface area contributed by atoms with Crippen molar-refractivity contribution in [1.82, 2.24) is 0 Å². The molecule has 2 N–H and O–H groups in total. The van der Waals surface area contributed by atoms with E-state index in [4.69, 9.17) is 14.2 Å². The van der Waals surface area contributed by atoms with Crippen molar-refractivity contribution in [2.75, 3.05) is 25.8 Å². The zero-order valence-electron chi connectivity index (χ0n) is 15.5. The van der Waals surface area contributed by atoms with Gasteiger partial charge in [-0.25, -0.2) is 4.79 Å². The first-order valence-electron chi connectivity index (χ1n) is 8.16. The average Bonchev–Trinajstić information content (AvgIpc) is 2.68. The molecule has 0 saturated heterocycles. The van der Waals surface area contributed by atoms with Crippen LogP contribution in [0.25, 0.3) is 0 Å². The van der Waals surface area contributed by atoms with Crippen LogP contribution in [0.4, 0.5) is 10.5 Å². The number of benzene rings is 2. The van der Waals surface area contributed by atoms with E-state index in [1.165, 1.54) is 26.4 Å². The Balaban J connectivity index is 2.19. The molecule has 1 amide bonds. The number of hydrogen-bond donors (Lipinski definition) is 2. The Hall–Kier alpha value is -2.64. The van der Waals surface area contributed by atoms with Crippen molar-refractivity contribution >= 4 is 23.5 Å². The minimum absolute atomic E-state index is 0.0597. The maximum atomic E-state index is 12.4. The number of nitrogens with one attached hydrogen (secondary N) is 1. The minimum atomic E-state index is -0.797. The summed E-state index contributed by atoms with van der Waals surface area (Å²) >= 11 is 1.61. The molecule has 0 unspecified atom stereocenters. The Morgan fingerprint density at radius 3 is 2.44 bits per heavy atom. The van der Waals surface area contributed by atoms with Gasteiger partial charge in [0.25, 0.3) is 0 Å². The molecule has 2 rings (SSSR count). The molecule has 0 spiro atoms. The Kier molecular flexibility index (Phi) is 7.57. The van der Waals surface area contributed by atoms with Crippen molar-refractivity contribution in [1.29, 1.82) is 0 Å². The molecule has 2 atom stereocenters. The van der Waals surface area contributed by atoms with E-state index in [2.05, 4.69) is 11.9 Å². The molecule has 0 bridgehead atoms. The maximum absolute atomic E-state index is 12.4. The number of carbonyl (C=O) groups excluding carboxylic acids is 1. The van der Waals surface area contributed by atoms with Crippen LogP contribution in [0.1, 0.15) is 11.7 Å². The zero-order chi connectivity index (χ0) is 19.8. The van der Waals surface area contributed by atoms with Gasteiger partial charge in [0.15, 0.2) is 17.6 Å². The molecule has 0 aliphatic rings. The number of amides is 1. The van der Waals surface area contributed by atoms with Crippen molar-refractivity contribution in [3.05, 3.63) is 60.7 Å². The molecule has 0 saturated carbocycles. The SMILES string of the molecule is C=C[C@@H](OC)[C@H](OC(=O)Nc1ccc(SC)cc1)c1ccc(OC)c(O)c1. The van der Waals surface area contributed by atoms with Crippen molar-refractivity contribution < 1.29 is 24.1 Å². The summed E-state index contributed by atoms with van der Waals surface area (Å²) in [5, 5.41) is 12.7. The van der Waals surface area contributed by atoms with Gasteiger partial charge in [-0.3, -0.25) is 5.32 Å². The summed E-state index contributed by atoms with van der Waals surface area (Å²) in [4.78, 5) is 13.5. The number of rotatable bonds is 8. The zero-order valence-corrected chi connectivity index (χ0v) is 16.3. The van der Waals surface area contributed by atoms with Crippen LogP contribution in [0.2, 0.25) is 0 Å². The molecular weight excluding hydrogens is 366 g/mol. The molecular formula is C20H23NO5S. The van der Waals surface area contributed by atoms with Gasteiger partial charge >= 0.3 is 6.09 Å². The van der Waals surface area contributed by atoms with E-state index in [0.29, 0.717) is 17.0 Å². The molecule has 27 heavy (non-hydrogen) atoms. The van der Waals surface area contributed by atoms with Crippen molar-refractivity contribution in [2.45, 2.75) is 17.1 Å². The third-order valence-electron chi connectivity index (χ3n) is 3.90. The summed E-state index contributed by atoms with van der Waals surface area (Å²) in [6.45, 7) is 3.72. The third kappa shape index (κ3) is 5.42. The fourth-order valence-electron chi connectivity index (χ4n) is 2.49. The van der Waals surface area contributed by atoms with Gasteiger partial charge in [-0.05, 0) is 48.2 Å². The van der Waals surface area contributed by atoms with Crippen LogP contribution in [-0.4, -0.2) is 37.8 Å². The molecule has 0 radical (unpaired) electrons. The Morgan fingerprint density at radius 1 is 1.22 bits per heavy atom. The van der Waals surface area contributed by atoms with Crippen LogP contribution < -0.4 is 10.1 Å². The fraction of sp³-hybridized carbons (Fsp3) is 0.250. The number of aromatic hydroxyl groups is 1. The number of phenols is 1. The Bertz CT molecular complexity index is 778. The van der Waals surface area contributed by atoms with Crippen LogP contribution in [0.3, 0.4) is 0 Å². The van der Waals surface area contributed by atoms with E-state index >= 15 is 0 Å². The van der Waals surface area contributed by atoms with Gasteiger partial charge in [-0.15, -0.1) is 18.3 Å². The van der Waals surface area contributed by atoms with Crippen molar-refractivity contribution in [3.8, 4) is 11.5 Å². The van der Waals surface area contributed by atoms with E-state index in [0.717, 1.165) is 4.90 Å². The van der Waals surface area contributed by atoms with Gasteiger partial charge in [-0.2, -0.15) is 0 Å². The number of carbonyl (C=O) groups is 1. The molecule has 7 heteroatoms. The van der Waals surface area contributed by atoms with Crippen LogP contribution in [0.15, 0.2) is 60.0 Å². The third-order valence-corrected chi connectivity index (χ3v) is 4.65. The second-order valence-electron chi connectivity index (χ2n) is 5.55. The lowest BCUT2D eigenvalue weighted by atomic mass is 10.0. The van der Waals surface area contributed by atoms with Gasteiger partial charge < -0.3 is 19.3 Å². The summed E-state index contributed by atoms with van der Waals surface area (Å²) in [7, 11) is 2.95. The highest BCUT2D eigenvalue weighted by Crippen LogP contribution is 2.32. The lowest BCUT2D eigenvalue weighted by Gasteiger charge is -2.24. The number of thioether (sulfide) groups is 1. The van der Waals surface area contributed by atoms with Crippen LogP contribution in [-0.2, 0) is 9.47 Å². The molecule has 0 aliphatic heterocycles. The predicted octanol–water partition coefficient (Wildman–Crippen LogP) is 4.61. The first kappa shape index (κ1) is 20.7. The number of phenolic OH excluding ortho intramolecular Hbond substituents is 1. The topological polar surface area (TPSA) is 77.0 Å². The average molecular weight is 389 g/mol. The second-order valence-corrected chi connectivity index (χ2v) is 6.43. The highest BCUT2D eigenvalue weighted by atomic mass is 32.2. The molecule has 2 aromatic rings. The lowest BCUT2D eigenvalue weighted by Crippen LogP contribution is -2.26. The molecule has 0 aromatic heterocycles. The van der Waals surface area contributed by atoms with Crippen molar-refractivity contribution in [2.24, 2.45) is 0 Å². The standard InChI is InChI=1S/C20H23NO5S/c1-5-17(24-2)19(13-6-11-18(25-3)16(22)12-13)26-20(23)21-14-7-9-15(27-4)10-8-14/h5-12,17,19,22H,1H2,2-4H3,(H,21,23)/t17-,19-/m1/s1. The van der Waals surface area contributed by atoms with E-state index in [9.17, 15) is 9.90 Å². The highest BCUT2D eigenvalue weighted by molar-refractivity contribution is 7.98. The van der Waals surface area contributed by atoms with E-state index in [1.54, 1.807) is 36.0 Å². The molecule has 0 heterocycles. The van der Waals surface area contributed by atoms with Crippen LogP contribution >= 0.6 is 11.8 Å². The van der Waals surface area contributed by atoms with Crippen LogP contribution in [0.5, 0.6) is 11.5 Å². The predicted molar refractivity (Wildman–Crippen MR) is 107 cm³/mol. The molecule has 144 valence electrons. The van der Waals surface area contributed by atoms with E-state index < -0.39 is 18.3 Å². The number of hydrogen-bond acceptors (Lipinski definition) is 6. The largest absolute Gasteiger partial charge is 0.504 e. The number of methoxy groups -OCH3 is 2. The summed E-state index contributed by atoms with van der Waals surface area (Å²) in [6, 6.07) is 12.2. The highest BCUT2D eigenvalue weighted by Gasteiger charge is 2.26. The van der Waals surface area contributed by atoms with E-state index in [1.807, 2.05) is 18.4 Å². The fourth-order valence-corrected chi connectivity index (χ4v) is 2.90. The van der Waals surface area contributed by atoms with Gasteiger partial charge in [0.05, 0.1) is 7.11 Å². The van der Waals surface area contributed by atoms with Gasteiger partial charge in [0.2, 0.25) is 0 Å². The van der Waals surface area contributed by atoms with Gasteiger partial charge in [0.1, 0.15) is 6.10 Å². The summed E-state index contributed by atoms with van der Waals surface area (Å²) < 4.78 is 16.0. The summed E-state index contributed by atoms with van der Waals surface area (Å²) in [5.74, 6) is 0.263. The van der Waals surface area contributed by atoms with E-state index in [-0.39, 0.29) is 5.75 Å². The maximum Gasteiger partial charge on any atom is 0.412 e. The van der Waals surface area contributed by atoms with Crippen molar-refractivity contribution in [3.63, 3.8) is 0 Å². The Labute approximate surface area is 163 Å². The second kappa shape index (κ2) is 9.89. The lowest BCUT2D eigenvalue weighted by molar-refractivity contribution is 0.00591. The first-order valence-corrected chi connectivity index (χ1v) is 9.38. The quantitative estimate of drug-likeness (QED) is 0.507. The smallest absolute Gasteiger partial charge is 0.412 e. The molecule has 0 aliphatic carbocycles. The molecule has 6 nitrogen and oxygen atoms in total. The molecule has 2 aromatic carbocycles. The minimum Gasteiger partial charge on any atom is -0.504 e. The summed E-state index contributed by atoms with van der Waals surface area (Å²) in [6.07, 6.45) is 1.48. The Morgan fingerprint density at radius 2 is 1.93 bits per heavy atom. The first-order chi connectivity index (χ1) is 13.0. The summed E-state index contributed by atoms with van der Waals surface area (Å²) in [5.41, 5.74) is 1.16. The van der Waals surface area contributed by atoms with Gasteiger partial charge in [0, 0.05) is 17.7 Å². The normalized spacial score (nSPS) is 12.7. The molecule has 0 fully saturated rings. The number of anilines is 1. The van der Waals surface area contributed by atoms with Crippen LogP contribution in [0, 0.1) is 0 Å².